The van der Waals surface area contributed by atoms with E-state index >= 15 is 0 Å². The summed E-state index contributed by atoms with van der Waals surface area (Å²) in [5.41, 5.74) is 3.39. The molecular formula is C18H23O2P. The van der Waals surface area contributed by atoms with Gasteiger partial charge in [0.15, 0.2) is 0 Å². The van der Waals surface area contributed by atoms with E-state index in [9.17, 15) is 4.89 Å². The fraction of sp³-hybridized carbons (Fsp3) is 0.333. The molecule has 2 rings (SSSR count). The quantitative estimate of drug-likeness (QED) is 0.839. The van der Waals surface area contributed by atoms with Crippen LogP contribution in [0.4, 0.5) is 0 Å². The zero-order valence-corrected chi connectivity index (χ0v) is 14.2. The van der Waals surface area contributed by atoms with Crippen molar-refractivity contribution in [2.24, 2.45) is 0 Å². The molecule has 112 valence electrons. The molecule has 0 aromatic heterocycles. The lowest BCUT2D eigenvalue weighted by atomic mass is 9.84. The largest absolute Gasteiger partial charge is 0.443 e. The van der Waals surface area contributed by atoms with Gasteiger partial charge >= 0.3 is 0 Å². The van der Waals surface area contributed by atoms with Crippen molar-refractivity contribution in [2.45, 2.75) is 40.0 Å². The topological polar surface area (TPSA) is 29.5 Å². The van der Waals surface area contributed by atoms with Crippen molar-refractivity contribution in [1.82, 2.24) is 0 Å². The minimum atomic E-state index is -1.64. The van der Waals surface area contributed by atoms with Crippen molar-refractivity contribution in [3.63, 3.8) is 0 Å². The number of rotatable bonds is 3. The molecule has 0 bridgehead atoms. The Bertz CT molecular complexity index is 615. The van der Waals surface area contributed by atoms with E-state index in [-0.39, 0.29) is 5.41 Å². The molecule has 0 spiro atoms. The molecule has 21 heavy (non-hydrogen) atoms. The molecule has 0 radical (unpaired) electrons. The Balaban J connectivity index is 2.40. The molecule has 0 aliphatic carbocycles. The van der Waals surface area contributed by atoms with Crippen molar-refractivity contribution >= 4 is 13.7 Å². The number of aryl methyl sites for hydroxylation is 2. The van der Waals surface area contributed by atoms with Gasteiger partial charge in [0.1, 0.15) is 5.75 Å². The van der Waals surface area contributed by atoms with E-state index in [2.05, 4.69) is 39.8 Å². The van der Waals surface area contributed by atoms with Crippen molar-refractivity contribution in [3.05, 3.63) is 59.2 Å². The average molecular weight is 302 g/mol. The Morgan fingerprint density at radius 2 is 1.62 bits per heavy atom. The monoisotopic (exact) mass is 302 g/mol. The molecule has 1 unspecified atom stereocenters. The zero-order valence-electron chi connectivity index (χ0n) is 13.3. The third kappa shape index (κ3) is 3.84. The van der Waals surface area contributed by atoms with Crippen molar-refractivity contribution in [2.75, 3.05) is 0 Å². The smallest absolute Gasteiger partial charge is 0.262 e. The van der Waals surface area contributed by atoms with Crippen LogP contribution in [-0.4, -0.2) is 4.89 Å². The highest BCUT2D eigenvalue weighted by Crippen LogP contribution is 2.41. The standard InChI is InChI=1S/C18H23O2P/c1-13-11-14(2)17(16(12-13)18(3,4)5)20-21(19)15-9-7-6-8-10-15/h6-12,19H,1-5H3. The van der Waals surface area contributed by atoms with E-state index in [1.54, 1.807) is 0 Å². The maximum Gasteiger partial charge on any atom is 0.262 e. The molecule has 0 aliphatic rings. The zero-order chi connectivity index (χ0) is 15.6. The van der Waals surface area contributed by atoms with Crippen molar-refractivity contribution < 1.29 is 9.42 Å². The summed E-state index contributed by atoms with van der Waals surface area (Å²) in [6, 6.07) is 13.8. The predicted octanol–water partition coefficient (Wildman–Crippen LogP) is 4.61. The van der Waals surface area contributed by atoms with Gasteiger partial charge < -0.3 is 9.42 Å². The second-order valence-electron chi connectivity index (χ2n) is 6.41. The maximum absolute atomic E-state index is 10.4. The van der Waals surface area contributed by atoms with E-state index in [4.69, 9.17) is 4.52 Å². The fourth-order valence-electron chi connectivity index (χ4n) is 2.33. The lowest BCUT2D eigenvalue weighted by molar-refractivity contribution is 0.476. The van der Waals surface area contributed by atoms with Crippen LogP contribution < -0.4 is 9.83 Å². The summed E-state index contributed by atoms with van der Waals surface area (Å²) in [7, 11) is -1.64. The van der Waals surface area contributed by atoms with Crippen LogP contribution >= 0.6 is 8.38 Å². The fourth-order valence-corrected chi connectivity index (χ4v) is 3.28. The van der Waals surface area contributed by atoms with Crippen LogP contribution in [0.2, 0.25) is 0 Å². The molecule has 2 aromatic carbocycles. The third-order valence-electron chi connectivity index (χ3n) is 3.38. The predicted molar refractivity (Wildman–Crippen MR) is 90.5 cm³/mol. The molecule has 2 aromatic rings. The first kappa shape index (κ1) is 16.0. The minimum Gasteiger partial charge on any atom is -0.443 e. The lowest BCUT2D eigenvalue weighted by Crippen LogP contribution is -2.15. The summed E-state index contributed by atoms with van der Waals surface area (Å²) >= 11 is 0. The normalized spacial score (nSPS) is 13.0. The highest BCUT2D eigenvalue weighted by molar-refractivity contribution is 7.55. The summed E-state index contributed by atoms with van der Waals surface area (Å²) in [6.45, 7) is 10.6. The van der Waals surface area contributed by atoms with E-state index in [0.717, 1.165) is 22.2 Å². The van der Waals surface area contributed by atoms with Crippen molar-refractivity contribution in [1.29, 1.82) is 0 Å². The second kappa shape index (κ2) is 6.17. The van der Waals surface area contributed by atoms with Gasteiger partial charge in [-0.1, -0.05) is 56.7 Å². The van der Waals surface area contributed by atoms with Gasteiger partial charge in [-0.25, -0.2) is 0 Å². The molecule has 3 heteroatoms. The maximum atomic E-state index is 10.4. The van der Waals surface area contributed by atoms with Gasteiger partial charge in [-0.05, 0) is 37.0 Å². The third-order valence-corrected chi connectivity index (χ3v) is 4.48. The molecule has 0 saturated heterocycles. The van der Waals surface area contributed by atoms with Crippen LogP contribution in [0.1, 0.15) is 37.5 Å². The van der Waals surface area contributed by atoms with E-state index in [1.165, 1.54) is 5.56 Å². The molecular weight excluding hydrogens is 279 g/mol. The number of benzene rings is 2. The lowest BCUT2D eigenvalue weighted by Gasteiger charge is -2.26. The SMILES string of the molecule is Cc1cc(C)c(OP(O)c2ccccc2)c(C(C)(C)C)c1. The molecule has 0 fully saturated rings. The Kier molecular flexibility index (Phi) is 4.70. The summed E-state index contributed by atoms with van der Waals surface area (Å²) in [6.07, 6.45) is 0. The molecule has 1 atom stereocenters. The molecule has 0 saturated carbocycles. The molecule has 2 nitrogen and oxygen atoms in total. The van der Waals surface area contributed by atoms with Gasteiger partial charge in [0.05, 0.1) is 0 Å². The highest BCUT2D eigenvalue weighted by Gasteiger charge is 2.23. The van der Waals surface area contributed by atoms with Crippen LogP contribution in [0.5, 0.6) is 5.75 Å². The molecule has 0 amide bonds. The van der Waals surface area contributed by atoms with Crippen LogP contribution in [-0.2, 0) is 5.41 Å². The van der Waals surface area contributed by atoms with Gasteiger partial charge in [0.2, 0.25) is 0 Å². The Labute approximate surface area is 128 Å². The van der Waals surface area contributed by atoms with Crippen LogP contribution in [0, 0.1) is 13.8 Å². The van der Waals surface area contributed by atoms with Crippen LogP contribution in [0.3, 0.4) is 0 Å². The van der Waals surface area contributed by atoms with E-state index < -0.39 is 8.38 Å². The van der Waals surface area contributed by atoms with Crippen LogP contribution in [0.15, 0.2) is 42.5 Å². The first-order chi connectivity index (χ1) is 9.79. The Morgan fingerprint density at radius 1 is 1.00 bits per heavy atom. The first-order valence-corrected chi connectivity index (χ1v) is 8.34. The van der Waals surface area contributed by atoms with E-state index in [1.807, 2.05) is 37.3 Å². The van der Waals surface area contributed by atoms with Gasteiger partial charge in [0, 0.05) is 10.9 Å². The van der Waals surface area contributed by atoms with Gasteiger partial charge in [0.25, 0.3) is 8.38 Å². The van der Waals surface area contributed by atoms with Gasteiger partial charge in [-0.2, -0.15) is 0 Å². The molecule has 1 N–H and O–H groups in total. The summed E-state index contributed by atoms with van der Waals surface area (Å²) in [4.78, 5) is 10.4. The number of hydrogen-bond donors (Lipinski definition) is 1. The van der Waals surface area contributed by atoms with Crippen LogP contribution in [0.25, 0.3) is 0 Å². The first-order valence-electron chi connectivity index (χ1n) is 7.13. The summed E-state index contributed by atoms with van der Waals surface area (Å²) in [5, 5.41) is 0.826. The second-order valence-corrected chi connectivity index (χ2v) is 7.65. The highest BCUT2D eigenvalue weighted by atomic mass is 31.2. The van der Waals surface area contributed by atoms with Crippen molar-refractivity contribution in [3.8, 4) is 5.75 Å². The minimum absolute atomic E-state index is 0.0288. The van der Waals surface area contributed by atoms with E-state index in [0.29, 0.717) is 0 Å². The Hall–Kier alpha value is -1.37. The summed E-state index contributed by atoms with van der Waals surface area (Å²) < 4.78 is 5.96. The van der Waals surface area contributed by atoms with Gasteiger partial charge in [-0.3, -0.25) is 0 Å². The van der Waals surface area contributed by atoms with Gasteiger partial charge in [-0.15, -0.1) is 0 Å². The molecule has 0 aliphatic heterocycles. The number of hydrogen-bond acceptors (Lipinski definition) is 2. The average Bonchev–Trinajstić information content (AvgIpc) is 2.41. The molecule has 0 heterocycles. The summed E-state index contributed by atoms with van der Waals surface area (Å²) in [5.74, 6) is 0.811. The Morgan fingerprint density at radius 3 is 2.19 bits per heavy atom.